The van der Waals surface area contributed by atoms with Crippen molar-refractivity contribution in [1.82, 2.24) is 4.90 Å². The highest BCUT2D eigenvalue weighted by Gasteiger charge is 2.37. The van der Waals surface area contributed by atoms with Crippen LogP contribution in [0.4, 0.5) is 3.89 Å². The topological polar surface area (TPSA) is 101 Å². The minimum absolute atomic E-state index is 0.00591. The van der Waals surface area contributed by atoms with Gasteiger partial charge in [0.05, 0.1) is 25.3 Å². The molecule has 1 aliphatic heterocycles. The molecule has 2 atom stereocenters. The Morgan fingerprint density at radius 1 is 1.42 bits per heavy atom. The molecule has 0 aromatic heterocycles. The van der Waals surface area contributed by atoms with E-state index in [4.69, 9.17) is 9.84 Å². The van der Waals surface area contributed by atoms with Gasteiger partial charge in [0.15, 0.2) is 0 Å². The molecule has 1 aromatic carbocycles. The van der Waals surface area contributed by atoms with Crippen molar-refractivity contribution in [3.05, 3.63) is 29.8 Å². The first kappa shape index (κ1) is 18.2. The molecule has 132 valence electrons. The Bertz CT molecular complexity index is 718. The van der Waals surface area contributed by atoms with E-state index < -0.39 is 33.9 Å². The van der Waals surface area contributed by atoms with Crippen molar-refractivity contribution < 1.29 is 31.7 Å². The SMILES string of the molecule is COc1ccc(C(CC(=O)O)N2CC(CS(=O)(=O)F)CC2=O)cc1. The molecule has 1 aromatic rings. The second-order valence-electron chi connectivity index (χ2n) is 5.71. The predicted molar refractivity (Wildman–Crippen MR) is 82.7 cm³/mol. The number of nitrogens with zero attached hydrogens (tertiary/aromatic N) is 1. The maximum atomic E-state index is 12.8. The lowest BCUT2D eigenvalue weighted by atomic mass is 10.0. The number of benzene rings is 1. The number of hydrogen-bond donors (Lipinski definition) is 1. The van der Waals surface area contributed by atoms with Crippen LogP contribution in [0.3, 0.4) is 0 Å². The van der Waals surface area contributed by atoms with Crippen LogP contribution >= 0.6 is 0 Å². The van der Waals surface area contributed by atoms with Gasteiger partial charge in [-0.3, -0.25) is 9.59 Å². The highest BCUT2D eigenvalue weighted by atomic mass is 32.3. The van der Waals surface area contributed by atoms with E-state index in [0.717, 1.165) is 0 Å². The minimum atomic E-state index is -4.69. The number of methoxy groups -OCH3 is 1. The Kier molecular flexibility index (Phi) is 5.43. The van der Waals surface area contributed by atoms with Crippen LogP contribution in [0.1, 0.15) is 24.4 Å². The van der Waals surface area contributed by atoms with Gasteiger partial charge in [-0.25, -0.2) is 0 Å². The molecule has 1 N–H and O–H groups in total. The maximum absolute atomic E-state index is 12.8. The number of ether oxygens (including phenoxy) is 1. The Hall–Kier alpha value is -2.16. The number of carboxylic acids is 1. The molecule has 1 aliphatic rings. The third kappa shape index (κ3) is 4.67. The van der Waals surface area contributed by atoms with Gasteiger partial charge in [-0.05, 0) is 17.7 Å². The van der Waals surface area contributed by atoms with Gasteiger partial charge in [0.1, 0.15) is 5.75 Å². The molecule has 0 saturated carbocycles. The summed E-state index contributed by atoms with van der Waals surface area (Å²) < 4.78 is 39.5. The fourth-order valence-electron chi connectivity index (χ4n) is 2.90. The molecule has 0 spiro atoms. The van der Waals surface area contributed by atoms with Gasteiger partial charge in [-0.15, -0.1) is 3.89 Å². The summed E-state index contributed by atoms with van der Waals surface area (Å²) in [5.74, 6) is -2.31. The van der Waals surface area contributed by atoms with Crippen LogP contribution in [0, 0.1) is 5.92 Å². The van der Waals surface area contributed by atoms with E-state index in [1.165, 1.54) is 12.0 Å². The van der Waals surface area contributed by atoms with Crippen molar-refractivity contribution in [2.75, 3.05) is 19.4 Å². The Labute approximate surface area is 139 Å². The quantitative estimate of drug-likeness (QED) is 0.738. The van der Waals surface area contributed by atoms with Crippen LogP contribution in [0.25, 0.3) is 0 Å². The first-order valence-corrected chi connectivity index (χ1v) is 8.82. The number of hydrogen-bond acceptors (Lipinski definition) is 5. The summed E-state index contributed by atoms with van der Waals surface area (Å²) in [5, 5.41) is 9.13. The molecular weight excluding hydrogens is 341 g/mol. The number of carbonyl (C=O) groups is 2. The number of amides is 1. The number of aliphatic carboxylic acids is 1. The van der Waals surface area contributed by atoms with Gasteiger partial charge in [0.25, 0.3) is 0 Å². The Morgan fingerprint density at radius 2 is 2.04 bits per heavy atom. The van der Waals surface area contributed by atoms with E-state index in [9.17, 15) is 21.9 Å². The average Bonchev–Trinajstić information content (AvgIpc) is 2.83. The van der Waals surface area contributed by atoms with Gasteiger partial charge in [0.2, 0.25) is 5.91 Å². The van der Waals surface area contributed by atoms with Crippen molar-refractivity contribution in [3.63, 3.8) is 0 Å². The molecule has 7 nitrogen and oxygen atoms in total. The number of halogens is 1. The summed E-state index contributed by atoms with van der Waals surface area (Å²) in [7, 11) is -3.19. The van der Waals surface area contributed by atoms with Crippen molar-refractivity contribution in [1.29, 1.82) is 0 Å². The van der Waals surface area contributed by atoms with Crippen LogP contribution in [0.15, 0.2) is 24.3 Å². The zero-order valence-electron chi connectivity index (χ0n) is 13.0. The molecule has 1 saturated heterocycles. The van der Waals surface area contributed by atoms with E-state index in [2.05, 4.69) is 0 Å². The second kappa shape index (κ2) is 7.16. The third-order valence-corrected chi connectivity index (χ3v) is 4.79. The fraction of sp³-hybridized carbons (Fsp3) is 0.467. The minimum Gasteiger partial charge on any atom is -0.497 e. The van der Waals surface area contributed by atoms with Gasteiger partial charge in [-0.1, -0.05) is 12.1 Å². The monoisotopic (exact) mass is 359 g/mol. The lowest BCUT2D eigenvalue weighted by Gasteiger charge is -2.27. The van der Waals surface area contributed by atoms with Gasteiger partial charge in [-0.2, -0.15) is 8.42 Å². The van der Waals surface area contributed by atoms with Crippen molar-refractivity contribution in [3.8, 4) is 5.75 Å². The number of likely N-dealkylation sites (tertiary alicyclic amines) is 1. The second-order valence-corrected chi connectivity index (χ2v) is 7.12. The molecule has 9 heteroatoms. The summed E-state index contributed by atoms with van der Waals surface area (Å²) in [4.78, 5) is 24.7. The molecule has 1 heterocycles. The standard InChI is InChI=1S/C15H18FNO6S/c1-23-12-4-2-11(3-5-12)13(7-15(19)20)17-8-10(6-14(17)18)9-24(16,21)22/h2-5,10,13H,6-9H2,1H3,(H,19,20). The van der Waals surface area contributed by atoms with Gasteiger partial charge < -0.3 is 14.7 Å². The molecule has 2 unspecified atom stereocenters. The van der Waals surface area contributed by atoms with Crippen LogP contribution in [-0.4, -0.2) is 49.7 Å². The third-order valence-electron chi connectivity index (χ3n) is 3.92. The molecule has 1 fully saturated rings. The average molecular weight is 359 g/mol. The van der Waals surface area contributed by atoms with E-state index in [0.29, 0.717) is 11.3 Å². The molecule has 24 heavy (non-hydrogen) atoms. The van der Waals surface area contributed by atoms with Crippen LogP contribution in [0.5, 0.6) is 5.75 Å². The zero-order valence-corrected chi connectivity index (χ0v) is 13.8. The number of rotatable bonds is 7. The zero-order chi connectivity index (χ0) is 17.9. The lowest BCUT2D eigenvalue weighted by molar-refractivity contribution is -0.139. The van der Waals surface area contributed by atoms with Crippen molar-refractivity contribution in [2.24, 2.45) is 5.92 Å². The maximum Gasteiger partial charge on any atom is 0.305 e. The lowest BCUT2D eigenvalue weighted by Crippen LogP contribution is -2.32. The van der Waals surface area contributed by atoms with Crippen molar-refractivity contribution >= 4 is 22.1 Å². The first-order chi connectivity index (χ1) is 11.2. The number of carboxylic acid groups (broad SMARTS) is 1. The first-order valence-electron chi connectivity index (χ1n) is 7.27. The summed E-state index contributed by atoms with van der Waals surface area (Å²) in [5.41, 5.74) is 0.593. The molecule has 0 aliphatic carbocycles. The van der Waals surface area contributed by atoms with Crippen LogP contribution < -0.4 is 4.74 Å². The Morgan fingerprint density at radius 3 is 2.54 bits per heavy atom. The van der Waals surface area contributed by atoms with Gasteiger partial charge in [0, 0.05) is 18.9 Å². The van der Waals surface area contributed by atoms with E-state index >= 15 is 0 Å². The van der Waals surface area contributed by atoms with Crippen LogP contribution in [-0.2, 0) is 19.8 Å². The Balaban J connectivity index is 2.23. The summed E-state index contributed by atoms with van der Waals surface area (Å²) >= 11 is 0. The normalized spacial score (nSPS) is 19.3. The molecule has 0 bridgehead atoms. The van der Waals surface area contributed by atoms with Gasteiger partial charge >= 0.3 is 16.2 Å². The molecule has 0 radical (unpaired) electrons. The summed E-state index contributed by atoms with van der Waals surface area (Å²) in [6.07, 6.45) is -0.442. The highest BCUT2D eigenvalue weighted by molar-refractivity contribution is 7.86. The largest absolute Gasteiger partial charge is 0.497 e. The predicted octanol–water partition coefficient (Wildman–Crippen LogP) is 1.36. The summed E-state index contributed by atoms with van der Waals surface area (Å²) in [6.45, 7) is 0.00591. The molecule has 1 amide bonds. The van der Waals surface area contributed by atoms with Crippen molar-refractivity contribution in [2.45, 2.75) is 18.9 Å². The summed E-state index contributed by atoms with van der Waals surface area (Å²) in [6, 6.07) is 5.86. The molecular formula is C15H18FNO6S. The van der Waals surface area contributed by atoms with Crippen LogP contribution in [0.2, 0.25) is 0 Å². The van der Waals surface area contributed by atoms with E-state index in [-0.39, 0.29) is 25.3 Å². The number of carbonyl (C=O) groups excluding carboxylic acids is 1. The highest BCUT2D eigenvalue weighted by Crippen LogP contribution is 2.32. The molecule has 2 rings (SSSR count). The smallest absolute Gasteiger partial charge is 0.305 e. The fourth-order valence-corrected chi connectivity index (χ4v) is 3.69. The van der Waals surface area contributed by atoms with E-state index in [1.807, 2.05) is 0 Å². The van der Waals surface area contributed by atoms with E-state index in [1.54, 1.807) is 24.3 Å².